The molecule has 0 fully saturated rings. The molecule has 0 aliphatic carbocycles. The van der Waals surface area contributed by atoms with Crippen molar-refractivity contribution in [3.8, 4) is 0 Å². The van der Waals surface area contributed by atoms with Gasteiger partial charge >= 0.3 is 5.97 Å². The number of anilines is 1. The van der Waals surface area contributed by atoms with Gasteiger partial charge in [0.05, 0.1) is 4.92 Å². The zero-order valence-corrected chi connectivity index (χ0v) is 13.3. The van der Waals surface area contributed by atoms with Crippen molar-refractivity contribution in [1.29, 1.82) is 0 Å². The molecule has 0 saturated carbocycles. The van der Waals surface area contributed by atoms with Crippen LogP contribution in [-0.2, 0) is 4.79 Å². The minimum absolute atomic E-state index is 0.0649. The Kier molecular flexibility index (Phi) is 6.69. The average Bonchev–Trinajstić information content (AvgIpc) is 2.37. The lowest BCUT2D eigenvalue weighted by atomic mass is 10.0. The molecule has 0 bridgehead atoms. The quantitative estimate of drug-likeness (QED) is 0.401. The zero-order valence-electron chi connectivity index (χ0n) is 11.1. The molecule has 0 aliphatic heterocycles. The van der Waals surface area contributed by atoms with E-state index >= 15 is 0 Å². The van der Waals surface area contributed by atoms with Crippen molar-refractivity contribution in [3.63, 3.8) is 0 Å². The van der Waals surface area contributed by atoms with Crippen LogP contribution in [0.25, 0.3) is 0 Å². The van der Waals surface area contributed by atoms with Gasteiger partial charge in [-0.1, -0.05) is 6.92 Å². The van der Waals surface area contributed by atoms with E-state index in [1.807, 2.05) is 35.6 Å². The van der Waals surface area contributed by atoms with Gasteiger partial charge in [0.25, 0.3) is 5.69 Å². The van der Waals surface area contributed by atoms with Gasteiger partial charge in [-0.15, -0.1) is 0 Å². The Morgan fingerprint density at radius 2 is 2.20 bits per heavy atom. The van der Waals surface area contributed by atoms with Crippen LogP contribution in [0.4, 0.5) is 11.4 Å². The van der Waals surface area contributed by atoms with Gasteiger partial charge in [0.15, 0.2) is 0 Å². The van der Waals surface area contributed by atoms with Crippen LogP contribution in [0, 0.1) is 19.6 Å². The number of aliphatic carboxylic acids is 1. The van der Waals surface area contributed by atoms with Crippen LogP contribution in [0.2, 0.25) is 0 Å². The first-order valence-electron chi connectivity index (χ1n) is 6.29. The number of nitrogens with zero attached hydrogens (tertiary/aromatic N) is 1. The van der Waals surface area contributed by atoms with E-state index in [9.17, 15) is 14.9 Å². The fraction of sp³-hybridized carbons (Fsp3) is 0.462. The van der Waals surface area contributed by atoms with Gasteiger partial charge in [0, 0.05) is 22.6 Å². The summed E-state index contributed by atoms with van der Waals surface area (Å²) in [4.78, 5) is 21.0. The highest BCUT2D eigenvalue weighted by molar-refractivity contribution is 14.1. The lowest BCUT2D eigenvalue weighted by molar-refractivity contribution is -0.384. The van der Waals surface area contributed by atoms with E-state index in [2.05, 4.69) is 5.32 Å². The van der Waals surface area contributed by atoms with Gasteiger partial charge in [-0.3, -0.25) is 14.9 Å². The standard InChI is InChI=1S/C13H17IN2O4/c1-9(2-5-13(17)18)6-7-15-11-4-3-10(14)8-12(11)16(19)20/h3-4,8-9,15H,2,5-7H2,1H3,(H,17,18). The molecule has 7 heteroatoms. The Morgan fingerprint density at radius 1 is 1.50 bits per heavy atom. The predicted octanol–water partition coefficient (Wildman–Crippen LogP) is 3.50. The molecule has 0 spiro atoms. The van der Waals surface area contributed by atoms with E-state index in [4.69, 9.17) is 5.11 Å². The third-order valence-electron chi connectivity index (χ3n) is 2.96. The molecule has 20 heavy (non-hydrogen) atoms. The predicted molar refractivity (Wildman–Crippen MR) is 85.0 cm³/mol. The highest BCUT2D eigenvalue weighted by atomic mass is 127. The van der Waals surface area contributed by atoms with E-state index in [1.54, 1.807) is 6.07 Å². The van der Waals surface area contributed by atoms with Crippen LogP contribution in [0.15, 0.2) is 18.2 Å². The molecule has 1 atom stereocenters. The number of halogens is 1. The highest BCUT2D eigenvalue weighted by Gasteiger charge is 2.14. The third-order valence-corrected chi connectivity index (χ3v) is 3.63. The summed E-state index contributed by atoms with van der Waals surface area (Å²) < 4.78 is 0.815. The summed E-state index contributed by atoms with van der Waals surface area (Å²) in [5.41, 5.74) is 0.566. The normalized spacial score (nSPS) is 11.9. The fourth-order valence-electron chi connectivity index (χ4n) is 1.77. The molecule has 6 nitrogen and oxygen atoms in total. The summed E-state index contributed by atoms with van der Waals surface area (Å²) in [6.07, 6.45) is 1.55. The largest absolute Gasteiger partial charge is 0.481 e. The first-order chi connectivity index (χ1) is 9.40. The zero-order chi connectivity index (χ0) is 15.1. The van der Waals surface area contributed by atoms with Gasteiger partial charge in [-0.2, -0.15) is 0 Å². The summed E-state index contributed by atoms with van der Waals surface area (Å²) in [7, 11) is 0. The number of rotatable bonds is 8. The topological polar surface area (TPSA) is 92.5 Å². The Bertz CT molecular complexity index is 493. The molecule has 1 rings (SSSR count). The van der Waals surface area contributed by atoms with Crippen molar-refractivity contribution in [3.05, 3.63) is 31.9 Å². The molecular formula is C13H17IN2O4. The maximum atomic E-state index is 10.9. The Morgan fingerprint density at radius 3 is 2.80 bits per heavy atom. The Labute approximate surface area is 130 Å². The van der Waals surface area contributed by atoms with Crippen LogP contribution in [-0.4, -0.2) is 22.5 Å². The van der Waals surface area contributed by atoms with Gasteiger partial charge in [0.2, 0.25) is 0 Å². The second-order valence-corrected chi connectivity index (χ2v) is 5.92. The molecule has 0 aliphatic rings. The summed E-state index contributed by atoms with van der Waals surface area (Å²) in [6.45, 7) is 2.56. The molecule has 0 saturated heterocycles. The van der Waals surface area contributed by atoms with E-state index in [-0.39, 0.29) is 18.0 Å². The molecule has 0 heterocycles. The number of hydrogen-bond donors (Lipinski definition) is 2. The second kappa shape index (κ2) is 8.03. The number of carboxylic acid groups (broad SMARTS) is 1. The van der Waals surface area contributed by atoms with E-state index < -0.39 is 10.9 Å². The van der Waals surface area contributed by atoms with E-state index in [0.29, 0.717) is 18.7 Å². The van der Waals surface area contributed by atoms with Crippen molar-refractivity contribution in [2.45, 2.75) is 26.2 Å². The molecular weight excluding hydrogens is 375 g/mol. The van der Waals surface area contributed by atoms with Crippen LogP contribution in [0.3, 0.4) is 0 Å². The molecule has 1 unspecified atom stereocenters. The fourth-order valence-corrected chi connectivity index (χ4v) is 2.25. The van der Waals surface area contributed by atoms with Crippen molar-refractivity contribution in [2.75, 3.05) is 11.9 Å². The van der Waals surface area contributed by atoms with Crippen LogP contribution in [0.5, 0.6) is 0 Å². The number of carboxylic acids is 1. The first-order valence-corrected chi connectivity index (χ1v) is 7.37. The van der Waals surface area contributed by atoms with Crippen LogP contribution in [0.1, 0.15) is 26.2 Å². The van der Waals surface area contributed by atoms with Crippen LogP contribution >= 0.6 is 22.6 Å². The molecule has 1 aromatic rings. The SMILES string of the molecule is CC(CCNc1ccc(I)cc1[N+](=O)[O-])CCC(=O)O. The number of hydrogen-bond acceptors (Lipinski definition) is 4. The summed E-state index contributed by atoms with van der Waals surface area (Å²) in [5, 5.41) is 22.6. The lowest BCUT2D eigenvalue weighted by Crippen LogP contribution is -2.09. The number of nitro groups is 1. The molecule has 1 aromatic carbocycles. The van der Waals surface area contributed by atoms with Gasteiger partial charge in [0.1, 0.15) is 5.69 Å². The highest BCUT2D eigenvalue weighted by Crippen LogP contribution is 2.26. The van der Waals surface area contributed by atoms with Gasteiger partial charge < -0.3 is 10.4 Å². The number of nitro benzene ring substituents is 1. The monoisotopic (exact) mass is 392 g/mol. The maximum Gasteiger partial charge on any atom is 0.303 e. The summed E-state index contributed by atoms with van der Waals surface area (Å²) >= 11 is 2.03. The van der Waals surface area contributed by atoms with Crippen LogP contribution < -0.4 is 5.32 Å². The smallest absolute Gasteiger partial charge is 0.303 e. The Balaban J connectivity index is 2.49. The van der Waals surface area contributed by atoms with E-state index in [1.165, 1.54) is 6.07 Å². The average molecular weight is 392 g/mol. The number of carbonyl (C=O) groups is 1. The van der Waals surface area contributed by atoms with Crippen molar-refractivity contribution >= 4 is 39.9 Å². The first kappa shape index (κ1) is 16.7. The second-order valence-electron chi connectivity index (χ2n) is 4.67. The molecule has 110 valence electrons. The van der Waals surface area contributed by atoms with Gasteiger partial charge in [-0.05, 0) is 53.5 Å². The van der Waals surface area contributed by atoms with Crippen molar-refractivity contribution in [1.82, 2.24) is 0 Å². The maximum absolute atomic E-state index is 10.9. The minimum atomic E-state index is -0.793. The molecule has 0 amide bonds. The lowest BCUT2D eigenvalue weighted by Gasteiger charge is -2.11. The van der Waals surface area contributed by atoms with Crippen molar-refractivity contribution in [2.24, 2.45) is 5.92 Å². The minimum Gasteiger partial charge on any atom is -0.481 e. The third kappa shape index (κ3) is 5.72. The van der Waals surface area contributed by atoms with E-state index in [0.717, 1.165) is 9.99 Å². The number of nitrogens with one attached hydrogen (secondary N) is 1. The molecule has 0 aromatic heterocycles. The molecule has 2 N–H and O–H groups in total. The molecule has 0 radical (unpaired) electrons. The van der Waals surface area contributed by atoms with Crippen molar-refractivity contribution < 1.29 is 14.8 Å². The van der Waals surface area contributed by atoms with Gasteiger partial charge in [-0.25, -0.2) is 0 Å². The number of benzene rings is 1. The summed E-state index contributed by atoms with van der Waals surface area (Å²) in [5.74, 6) is -0.528. The Hall–Kier alpha value is -1.38. The summed E-state index contributed by atoms with van der Waals surface area (Å²) in [6, 6.07) is 5.03.